The number of carbonyl (C=O) groups is 1. The monoisotopic (exact) mass is 334 g/mol. The van der Waals surface area contributed by atoms with Crippen LogP contribution in [0, 0.1) is 6.92 Å². The summed E-state index contributed by atoms with van der Waals surface area (Å²) in [5.74, 6) is 0.509. The van der Waals surface area contributed by atoms with Crippen molar-refractivity contribution in [2.24, 2.45) is 0 Å². The van der Waals surface area contributed by atoms with Gasteiger partial charge in [-0.25, -0.2) is 0 Å². The molecule has 2 aliphatic rings. The van der Waals surface area contributed by atoms with Crippen molar-refractivity contribution in [1.82, 2.24) is 10.2 Å². The maximum absolute atomic E-state index is 12.9. The predicted molar refractivity (Wildman–Crippen MR) is 93.3 cm³/mol. The average Bonchev–Trinajstić information content (AvgIpc) is 3.06. The van der Waals surface area contributed by atoms with Crippen LogP contribution >= 0.6 is 12.4 Å². The van der Waals surface area contributed by atoms with Gasteiger partial charge in [-0.05, 0) is 38.7 Å². The van der Waals surface area contributed by atoms with Crippen LogP contribution in [0.4, 0.5) is 0 Å². The molecule has 0 saturated carbocycles. The molecule has 0 radical (unpaired) electrons. The number of aryl methyl sites for hydroxylation is 1. The topological polar surface area (TPSA) is 45.5 Å². The second kappa shape index (κ2) is 6.17. The maximum Gasteiger partial charge on any atom is 0.289 e. The van der Waals surface area contributed by atoms with E-state index in [1.54, 1.807) is 0 Å². The Bertz CT molecular complexity index is 715. The quantitative estimate of drug-likeness (QED) is 0.914. The van der Waals surface area contributed by atoms with E-state index in [1.807, 2.05) is 43.1 Å². The van der Waals surface area contributed by atoms with Gasteiger partial charge in [-0.15, -0.1) is 12.4 Å². The summed E-state index contributed by atoms with van der Waals surface area (Å²) in [5.41, 5.74) is 1.74. The van der Waals surface area contributed by atoms with Gasteiger partial charge in [0.2, 0.25) is 0 Å². The fraction of sp³-hybridized carbons (Fsp3) is 0.500. The van der Waals surface area contributed by atoms with Crippen molar-refractivity contribution in [3.8, 4) is 0 Å². The van der Waals surface area contributed by atoms with E-state index in [1.165, 1.54) is 12.8 Å². The van der Waals surface area contributed by atoms with E-state index in [2.05, 4.69) is 5.32 Å². The third-order valence-corrected chi connectivity index (χ3v) is 5.35. The zero-order chi connectivity index (χ0) is 15.3. The van der Waals surface area contributed by atoms with E-state index in [4.69, 9.17) is 4.42 Å². The molecule has 2 saturated heterocycles. The number of rotatable bonds is 2. The molecule has 0 spiro atoms. The van der Waals surface area contributed by atoms with Crippen LogP contribution in [0.15, 0.2) is 28.7 Å². The fourth-order valence-corrected chi connectivity index (χ4v) is 4.05. The minimum Gasteiger partial charge on any atom is -0.451 e. The SMILES string of the molecule is Cc1c(C(=O)N(C)C2CC3CCC(C2)N3)oc2ccccc12.Cl. The zero-order valence-electron chi connectivity index (χ0n) is 13.5. The molecule has 0 aliphatic carbocycles. The molecule has 2 unspecified atom stereocenters. The number of nitrogens with zero attached hydrogens (tertiary/aromatic N) is 1. The number of fused-ring (bicyclic) bond motifs is 3. The number of para-hydroxylation sites is 1. The van der Waals surface area contributed by atoms with Crippen molar-refractivity contribution in [2.75, 3.05) is 7.05 Å². The van der Waals surface area contributed by atoms with Crippen LogP contribution in [-0.2, 0) is 0 Å². The first-order valence-electron chi connectivity index (χ1n) is 8.15. The smallest absolute Gasteiger partial charge is 0.289 e. The highest BCUT2D eigenvalue weighted by atomic mass is 35.5. The summed E-state index contributed by atoms with van der Waals surface area (Å²) in [4.78, 5) is 14.8. The van der Waals surface area contributed by atoms with E-state index in [0.717, 1.165) is 29.4 Å². The van der Waals surface area contributed by atoms with Gasteiger partial charge in [-0.2, -0.15) is 0 Å². The number of hydrogen-bond donors (Lipinski definition) is 1. The minimum atomic E-state index is 0. The largest absolute Gasteiger partial charge is 0.451 e. The Morgan fingerprint density at radius 2 is 1.87 bits per heavy atom. The summed E-state index contributed by atoms with van der Waals surface area (Å²) in [6.07, 6.45) is 4.59. The number of piperidine rings is 1. The number of carbonyl (C=O) groups excluding carboxylic acids is 1. The van der Waals surface area contributed by atoms with Crippen molar-refractivity contribution in [1.29, 1.82) is 0 Å². The Hall–Kier alpha value is -1.52. The van der Waals surface area contributed by atoms with Crippen molar-refractivity contribution < 1.29 is 9.21 Å². The molecule has 2 atom stereocenters. The summed E-state index contributed by atoms with van der Waals surface area (Å²) in [6, 6.07) is 9.33. The molecular weight excluding hydrogens is 312 g/mol. The Morgan fingerprint density at radius 3 is 2.52 bits per heavy atom. The van der Waals surface area contributed by atoms with Crippen LogP contribution in [0.5, 0.6) is 0 Å². The Kier molecular flexibility index (Phi) is 4.39. The van der Waals surface area contributed by atoms with Gasteiger partial charge in [0.1, 0.15) is 5.58 Å². The summed E-state index contributed by atoms with van der Waals surface area (Å²) in [5, 5.41) is 4.66. The average molecular weight is 335 g/mol. The Morgan fingerprint density at radius 1 is 1.22 bits per heavy atom. The van der Waals surface area contributed by atoms with Gasteiger partial charge >= 0.3 is 0 Å². The van der Waals surface area contributed by atoms with Crippen LogP contribution in [0.2, 0.25) is 0 Å². The van der Waals surface area contributed by atoms with Crippen molar-refractivity contribution >= 4 is 29.3 Å². The number of halogens is 1. The summed E-state index contributed by atoms with van der Waals surface area (Å²) in [6.45, 7) is 1.97. The molecule has 2 bridgehead atoms. The zero-order valence-corrected chi connectivity index (χ0v) is 14.4. The van der Waals surface area contributed by atoms with Crippen molar-refractivity contribution in [3.05, 3.63) is 35.6 Å². The van der Waals surface area contributed by atoms with Gasteiger partial charge in [0.15, 0.2) is 5.76 Å². The normalized spacial score (nSPS) is 26.1. The molecule has 1 aromatic heterocycles. The lowest BCUT2D eigenvalue weighted by molar-refractivity contribution is 0.0651. The molecule has 5 heteroatoms. The van der Waals surface area contributed by atoms with E-state index in [-0.39, 0.29) is 18.3 Å². The van der Waals surface area contributed by atoms with Crippen LogP contribution in [-0.4, -0.2) is 36.0 Å². The second-order valence-corrected chi connectivity index (χ2v) is 6.73. The Balaban J connectivity index is 0.00000156. The lowest BCUT2D eigenvalue weighted by Gasteiger charge is -2.35. The van der Waals surface area contributed by atoms with Gasteiger partial charge in [0.05, 0.1) is 0 Å². The van der Waals surface area contributed by atoms with Crippen molar-refractivity contribution in [3.63, 3.8) is 0 Å². The maximum atomic E-state index is 12.9. The first kappa shape index (κ1) is 16.3. The third-order valence-electron chi connectivity index (χ3n) is 5.35. The number of benzene rings is 1. The molecular formula is C18H23ClN2O2. The molecule has 2 fully saturated rings. The molecule has 2 aromatic rings. The third kappa shape index (κ3) is 2.74. The summed E-state index contributed by atoms with van der Waals surface area (Å²) in [7, 11) is 1.92. The molecule has 1 amide bonds. The fourth-order valence-electron chi connectivity index (χ4n) is 4.05. The highest BCUT2D eigenvalue weighted by molar-refractivity contribution is 5.98. The first-order chi connectivity index (χ1) is 10.6. The van der Waals surface area contributed by atoms with E-state index in [0.29, 0.717) is 23.9 Å². The number of hydrogen-bond acceptors (Lipinski definition) is 3. The second-order valence-electron chi connectivity index (χ2n) is 6.73. The molecule has 4 rings (SSSR count). The molecule has 1 N–H and O–H groups in total. The van der Waals surface area contributed by atoms with Gasteiger partial charge in [0.25, 0.3) is 5.91 Å². The van der Waals surface area contributed by atoms with Gasteiger partial charge in [-0.1, -0.05) is 18.2 Å². The number of amides is 1. The van der Waals surface area contributed by atoms with Crippen LogP contribution in [0.25, 0.3) is 11.0 Å². The van der Waals surface area contributed by atoms with E-state index >= 15 is 0 Å². The van der Waals surface area contributed by atoms with Gasteiger partial charge in [0, 0.05) is 36.1 Å². The predicted octanol–water partition coefficient (Wildman–Crippen LogP) is 3.52. The molecule has 124 valence electrons. The van der Waals surface area contributed by atoms with Crippen LogP contribution in [0.3, 0.4) is 0 Å². The van der Waals surface area contributed by atoms with Crippen molar-refractivity contribution in [2.45, 2.75) is 50.7 Å². The van der Waals surface area contributed by atoms with Crippen LogP contribution in [0.1, 0.15) is 41.8 Å². The van der Waals surface area contributed by atoms with Crippen LogP contribution < -0.4 is 5.32 Å². The highest BCUT2D eigenvalue weighted by Gasteiger charge is 2.37. The molecule has 4 nitrogen and oxygen atoms in total. The molecule has 3 heterocycles. The highest BCUT2D eigenvalue weighted by Crippen LogP contribution is 2.31. The van der Waals surface area contributed by atoms with Gasteiger partial charge in [-0.3, -0.25) is 4.79 Å². The number of nitrogens with one attached hydrogen (secondary N) is 1. The minimum absolute atomic E-state index is 0. The van der Waals surface area contributed by atoms with Gasteiger partial charge < -0.3 is 14.6 Å². The summed E-state index contributed by atoms with van der Waals surface area (Å²) < 4.78 is 5.84. The molecule has 23 heavy (non-hydrogen) atoms. The summed E-state index contributed by atoms with van der Waals surface area (Å²) >= 11 is 0. The standard InChI is InChI=1S/C18H22N2O2.ClH/c1-11-15-5-3-4-6-16(15)22-17(11)18(21)20(2)14-9-12-7-8-13(10-14)19-12;/h3-6,12-14,19H,7-10H2,1-2H3;1H. The number of furan rings is 1. The first-order valence-corrected chi connectivity index (χ1v) is 8.15. The lowest BCUT2D eigenvalue weighted by atomic mass is 9.98. The van der Waals surface area contributed by atoms with E-state index < -0.39 is 0 Å². The molecule has 1 aromatic carbocycles. The Labute approximate surface area is 142 Å². The molecule has 2 aliphatic heterocycles. The lowest BCUT2D eigenvalue weighted by Crippen LogP contribution is -2.48. The van der Waals surface area contributed by atoms with E-state index in [9.17, 15) is 4.79 Å².